The van der Waals surface area contributed by atoms with Gasteiger partial charge >= 0.3 is 5.97 Å². The van der Waals surface area contributed by atoms with Crippen molar-refractivity contribution in [3.63, 3.8) is 0 Å². The summed E-state index contributed by atoms with van der Waals surface area (Å²) in [7, 11) is -2.74. The van der Waals surface area contributed by atoms with Crippen molar-refractivity contribution in [3.05, 3.63) is 35.2 Å². The van der Waals surface area contributed by atoms with E-state index < -0.39 is 16.0 Å². The van der Waals surface area contributed by atoms with Gasteiger partial charge in [0.15, 0.2) is 9.90 Å². The molecular formula is C11H11N3O4S2. The fourth-order valence-corrected chi connectivity index (χ4v) is 3.57. The lowest BCUT2D eigenvalue weighted by molar-refractivity contribution is 0.0590. The molecule has 0 spiro atoms. The molecule has 2 aromatic heterocycles. The number of aromatic nitrogens is 2. The molecule has 2 aromatic rings. The molecule has 2 rings (SSSR count). The Morgan fingerprint density at radius 2 is 2.10 bits per heavy atom. The maximum absolute atomic E-state index is 12.2. The first kappa shape index (κ1) is 14.4. The lowest BCUT2D eigenvalue weighted by atomic mass is 10.4. The van der Waals surface area contributed by atoms with Gasteiger partial charge in [-0.15, -0.1) is 11.3 Å². The number of pyridine rings is 1. The van der Waals surface area contributed by atoms with Crippen LogP contribution in [0, 0.1) is 6.92 Å². The standard InChI is InChI=1S/C11H11N3O4S2/c1-7-3-4-8(5-12-7)14-20(16,17)11-9(10(15)18-2)13-6-19-11/h3-6,14H,1-2H3. The number of methoxy groups -OCH3 is 1. The van der Waals surface area contributed by atoms with Gasteiger partial charge in [-0.3, -0.25) is 9.71 Å². The van der Waals surface area contributed by atoms with Crippen LogP contribution in [0.1, 0.15) is 16.2 Å². The number of hydrogen-bond acceptors (Lipinski definition) is 7. The van der Waals surface area contributed by atoms with Gasteiger partial charge in [0.05, 0.1) is 24.5 Å². The minimum absolute atomic E-state index is 0.190. The molecule has 0 atom stereocenters. The molecule has 106 valence electrons. The summed E-state index contributed by atoms with van der Waals surface area (Å²) in [5.74, 6) is -0.798. The molecule has 20 heavy (non-hydrogen) atoms. The number of hydrogen-bond donors (Lipinski definition) is 1. The number of carbonyl (C=O) groups excluding carboxylic acids is 1. The van der Waals surface area contributed by atoms with Crippen LogP contribution in [0.25, 0.3) is 0 Å². The minimum Gasteiger partial charge on any atom is -0.464 e. The second-order valence-corrected chi connectivity index (χ2v) is 6.51. The van der Waals surface area contributed by atoms with Crippen LogP contribution in [0.2, 0.25) is 0 Å². The third-order valence-electron chi connectivity index (χ3n) is 2.32. The molecule has 0 saturated heterocycles. The maximum Gasteiger partial charge on any atom is 0.358 e. The van der Waals surface area contributed by atoms with Gasteiger partial charge in [-0.1, -0.05) is 0 Å². The molecule has 0 aromatic carbocycles. The average molecular weight is 313 g/mol. The summed E-state index contributed by atoms with van der Waals surface area (Å²) in [6, 6.07) is 3.25. The van der Waals surface area contributed by atoms with E-state index in [4.69, 9.17) is 0 Å². The van der Waals surface area contributed by atoms with Crippen molar-refractivity contribution in [3.8, 4) is 0 Å². The van der Waals surface area contributed by atoms with Crippen LogP contribution < -0.4 is 4.72 Å². The number of rotatable bonds is 4. The molecule has 0 aliphatic heterocycles. The molecule has 0 bridgehead atoms. The SMILES string of the molecule is COC(=O)c1ncsc1S(=O)(=O)Nc1ccc(C)nc1. The molecular weight excluding hydrogens is 302 g/mol. The lowest BCUT2D eigenvalue weighted by Gasteiger charge is -2.07. The summed E-state index contributed by atoms with van der Waals surface area (Å²) in [6.45, 7) is 1.79. The zero-order valence-corrected chi connectivity index (χ0v) is 12.3. The predicted octanol–water partition coefficient (Wildman–Crippen LogP) is 1.43. The molecule has 2 heterocycles. The van der Waals surface area contributed by atoms with Crippen LogP contribution in [0.3, 0.4) is 0 Å². The summed E-state index contributed by atoms with van der Waals surface area (Å²) in [4.78, 5) is 19.2. The smallest absolute Gasteiger partial charge is 0.358 e. The normalized spacial score (nSPS) is 11.1. The van der Waals surface area contributed by atoms with Gasteiger partial charge < -0.3 is 4.74 Å². The Labute approximate surface area is 119 Å². The number of thiazole rings is 1. The molecule has 0 fully saturated rings. The van der Waals surface area contributed by atoms with Gasteiger partial charge in [-0.05, 0) is 19.1 Å². The molecule has 0 saturated carbocycles. The van der Waals surface area contributed by atoms with Gasteiger partial charge in [0.1, 0.15) is 0 Å². The second kappa shape index (κ2) is 5.55. The Morgan fingerprint density at radius 1 is 1.35 bits per heavy atom. The lowest BCUT2D eigenvalue weighted by Crippen LogP contribution is -2.16. The van der Waals surface area contributed by atoms with Gasteiger partial charge in [0.2, 0.25) is 0 Å². The summed E-state index contributed by atoms with van der Waals surface area (Å²) >= 11 is 0.840. The Hall–Kier alpha value is -2.00. The topological polar surface area (TPSA) is 98.2 Å². The van der Waals surface area contributed by atoms with E-state index in [1.807, 2.05) is 0 Å². The van der Waals surface area contributed by atoms with E-state index in [0.717, 1.165) is 24.1 Å². The quantitative estimate of drug-likeness (QED) is 0.857. The summed E-state index contributed by atoms with van der Waals surface area (Å²) in [5.41, 5.74) is 2.11. The Morgan fingerprint density at radius 3 is 2.70 bits per heavy atom. The molecule has 0 unspecified atom stereocenters. The first-order valence-corrected chi connectivity index (χ1v) is 7.77. The number of anilines is 1. The van der Waals surface area contributed by atoms with E-state index in [1.54, 1.807) is 19.1 Å². The monoisotopic (exact) mass is 313 g/mol. The maximum atomic E-state index is 12.2. The highest BCUT2D eigenvalue weighted by molar-refractivity contribution is 7.94. The number of sulfonamides is 1. The van der Waals surface area contributed by atoms with Crippen molar-refractivity contribution in [1.29, 1.82) is 0 Å². The number of esters is 1. The highest BCUT2D eigenvalue weighted by Gasteiger charge is 2.26. The highest BCUT2D eigenvalue weighted by Crippen LogP contribution is 2.23. The van der Waals surface area contributed by atoms with Crippen LogP contribution in [0.4, 0.5) is 5.69 Å². The van der Waals surface area contributed by atoms with Gasteiger partial charge in [0.25, 0.3) is 10.0 Å². The van der Waals surface area contributed by atoms with E-state index in [-0.39, 0.29) is 9.90 Å². The third-order valence-corrected chi connectivity index (χ3v) is 5.07. The molecule has 9 heteroatoms. The van der Waals surface area contributed by atoms with E-state index in [9.17, 15) is 13.2 Å². The fourth-order valence-electron chi connectivity index (χ4n) is 1.39. The van der Waals surface area contributed by atoms with Gasteiger partial charge in [-0.2, -0.15) is 0 Å². The molecule has 0 amide bonds. The Balaban J connectivity index is 2.34. The van der Waals surface area contributed by atoms with Crippen molar-refractivity contribution < 1.29 is 17.9 Å². The number of carbonyl (C=O) groups is 1. The van der Waals surface area contributed by atoms with Gasteiger partial charge in [-0.25, -0.2) is 18.2 Å². The summed E-state index contributed by atoms with van der Waals surface area (Å²) in [6.07, 6.45) is 1.39. The minimum atomic E-state index is -3.90. The van der Waals surface area contributed by atoms with Crippen LogP contribution >= 0.6 is 11.3 Å². The van der Waals surface area contributed by atoms with Crippen LogP contribution in [0.15, 0.2) is 28.0 Å². The van der Waals surface area contributed by atoms with Crippen molar-refractivity contribution in [2.45, 2.75) is 11.1 Å². The van der Waals surface area contributed by atoms with Crippen LogP contribution in [-0.2, 0) is 14.8 Å². The predicted molar refractivity (Wildman–Crippen MR) is 73.2 cm³/mol. The zero-order chi connectivity index (χ0) is 14.8. The Bertz CT molecular complexity index is 722. The molecule has 0 aliphatic rings. The van der Waals surface area contributed by atoms with Crippen molar-refractivity contribution >= 4 is 33.0 Å². The molecule has 1 N–H and O–H groups in total. The highest BCUT2D eigenvalue weighted by atomic mass is 32.2. The van der Waals surface area contributed by atoms with Crippen molar-refractivity contribution in [2.24, 2.45) is 0 Å². The summed E-state index contributed by atoms with van der Waals surface area (Å²) in [5, 5.41) is 0. The first-order chi connectivity index (χ1) is 9.44. The molecule has 0 radical (unpaired) electrons. The fraction of sp³-hybridized carbons (Fsp3) is 0.182. The van der Waals surface area contributed by atoms with E-state index in [0.29, 0.717) is 5.69 Å². The summed E-state index contributed by atoms with van der Waals surface area (Å²) < 4.78 is 31.1. The van der Waals surface area contributed by atoms with Crippen LogP contribution in [0.5, 0.6) is 0 Å². The van der Waals surface area contributed by atoms with E-state index in [1.165, 1.54) is 11.7 Å². The Kier molecular flexibility index (Phi) is 4.00. The van der Waals surface area contributed by atoms with Crippen molar-refractivity contribution in [2.75, 3.05) is 11.8 Å². The largest absolute Gasteiger partial charge is 0.464 e. The molecule has 0 aliphatic carbocycles. The number of aryl methyl sites for hydroxylation is 1. The number of nitrogens with one attached hydrogen (secondary N) is 1. The molecule has 7 nitrogen and oxygen atoms in total. The van der Waals surface area contributed by atoms with Gasteiger partial charge in [0, 0.05) is 5.69 Å². The third kappa shape index (κ3) is 2.94. The number of ether oxygens (including phenoxy) is 1. The first-order valence-electron chi connectivity index (χ1n) is 5.41. The van der Waals surface area contributed by atoms with Crippen LogP contribution in [-0.4, -0.2) is 31.5 Å². The average Bonchev–Trinajstić information content (AvgIpc) is 2.90. The number of nitrogens with zero attached hydrogens (tertiary/aromatic N) is 2. The zero-order valence-electron chi connectivity index (χ0n) is 10.7. The van der Waals surface area contributed by atoms with E-state index in [2.05, 4.69) is 19.4 Å². The van der Waals surface area contributed by atoms with E-state index >= 15 is 0 Å². The second-order valence-electron chi connectivity index (χ2n) is 3.77. The van der Waals surface area contributed by atoms with Crippen molar-refractivity contribution in [1.82, 2.24) is 9.97 Å².